The minimum absolute atomic E-state index is 0.177. The van der Waals surface area contributed by atoms with Gasteiger partial charge >= 0.3 is 0 Å². The first kappa shape index (κ1) is 27.4. The van der Waals surface area contributed by atoms with E-state index in [4.69, 9.17) is 14.5 Å². The number of hydrogen-bond acceptors (Lipinski definition) is 6. The van der Waals surface area contributed by atoms with Crippen molar-refractivity contribution in [3.63, 3.8) is 0 Å². The number of amides is 2. The number of H-pyrrole nitrogens is 1. The van der Waals surface area contributed by atoms with E-state index in [9.17, 15) is 9.59 Å². The summed E-state index contributed by atoms with van der Waals surface area (Å²) < 4.78 is 10.7. The van der Waals surface area contributed by atoms with E-state index in [1.807, 2.05) is 69.3 Å². The van der Waals surface area contributed by atoms with Crippen LogP contribution in [-0.2, 0) is 16.6 Å². The number of hydrogen-bond donors (Lipinski definition) is 2. The summed E-state index contributed by atoms with van der Waals surface area (Å²) in [5.74, 6) is 1.67. The van der Waals surface area contributed by atoms with E-state index in [0.29, 0.717) is 47.9 Å². The fraction of sp³-hybridized carbons (Fsp3) is 0.344. The highest BCUT2D eigenvalue weighted by molar-refractivity contribution is 6.18. The first-order chi connectivity index (χ1) is 19.2. The second-order valence-electron chi connectivity index (χ2n) is 10.8. The van der Waals surface area contributed by atoms with Gasteiger partial charge in [-0.05, 0) is 82.1 Å². The predicted octanol–water partition coefficient (Wildman–Crippen LogP) is 5.04. The minimum Gasteiger partial charge on any atom is -0.493 e. The molecule has 2 heterocycles. The minimum atomic E-state index is -0.833. The van der Waals surface area contributed by atoms with Gasteiger partial charge in [0, 0.05) is 12.1 Å². The number of methoxy groups -OCH3 is 2. The third kappa shape index (κ3) is 5.07. The Kier molecular flexibility index (Phi) is 7.63. The molecule has 8 heteroatoms. The molecule has 0 fully saturated rings. The van der Waals surface area contributed by atoms with Crippen molar-refractivity contribution in [3.05, 3.63) is 76.9 Å². The first-order valence-electron chi connectivity index (χ1n) is 13.6. The van der Waals surface area contributed by atoms with Crippen LogP contribution in [-0.4, -0.2) is 60.5 Å². The summed E-state index contributed by atoms with van der Waals surface area (Å²) in [5, 5.41) is 3.43. The molecule has 4 aromatic rings. The smallest absolute Gasteiger partial charge is 0.263 e. The van der Waals surface area contributed by atoms with Crippen LogP contribution in [0.1, 0.15) is 47.3 Å². The molecule has 40 heavy (non-hydrogen) atoms. The van der Waals surface area contributed by atoms with Crippen molar-refractivity contribution in [1.82, 2.24) is 20.2 Å². The van der Waals surface area contributed by atoms with Crippen LogP contribution in [0.15, 0.2) is 54.6 Å². The van der Waals surface area contributed by atoms with Crippen molar-refractivity contribution in [2.24, 2.45) is 0 Å². The fourth-order valence-corrected chi connectivity index (χ4v) is 5.38. The van der Waals surface area contributed by atoms with Crippen molar-refractivity contribution in [3.8, 4) is 22.9 Å². The van der Waals surface area contributed by atoms with E-state index in [1.54, 1.807) is 14.2 Å². The third-order valence-corrected chi connectivity index (χ3v) is 7.63. The summed E-state index contributed by atoms with van der Waals surface area (Å²) in [4.78, 5) is 36.8. The summed E-state index contributed by atoms with van der Waals surface area (Å²) >= 11 is 0. The highest BCUT2D eigenvalue weighted by Gasteiger charge is 2.45. The van der Waals surface area contributed by atoms with Gasteiger partial charge in [-0.2, -0.15) is 0 Å². The standard InChI is InChI=1S/C32H36N4O4/c1-20-8-6-9-22(18-20)29-34-24-12-11-23-27(28(24)35-29)30(37)36(31(38)32(23,2)3)17-7-15-33-16-14-21-10-13-25(39-4)26(19-21)40-5/h6,8-13,18-19,33H,7,14-17H2,1-5H3,(H,34,35). The van der Waals surface area contributed by atoms with Crippen LogP contribution in [0.4, 0.5) is 0 Å². The molecule has 1 aliphatic heterocycles. The van der Waals surface area contributed by atoms with Crippen molar-refractivity contribution in [1.29, 1.82) is 0 Å². The first-order valence-corrected chi connectivity index (χ1v) is 13.6. The number of nitrogens with zero attached hydrogens (tertiary/aromatic N) is 2. The number of ether oxygens (including phenoxy) is 2. The number of carbonyl (C=O) groups excluding carboxylic acids is 2. The molecule has 208 valence electrons. The SMILES string of the molecule is COc1ccc(CCNCCCN2C(=O)c3c(ccc4[nH]c(-c5cccc(C)c5)nc34)C(C)(C)C2=O)cc1OC. The Morgan fingerprint density at radius 2 is 1.77 bits per heavy atom. The van der Waals surface area contributed by atoms with E-state index in [2.05, 4.69) is 16.4 Å². The molecule has 5 rings (SSSR count). The molecule has 8 nitrogen and oxygen atoms in total. The number of benzene rings is 3. The maximum absolute atomic E-state index is 13.8. The second kappa shape index (κ2) is 11.1. The number of rotatable bonds is 10. The molecule has 0 spiro atoms. The fourth-order valence-electron chi connectivity index (χ4n) is 5.38. The lowest BCUT2D eigenvalue weighted by Gasteiger charge is -2.37. The molecular weight excluding hydrogens is 504 g/mol. The lowest BCUT2D eigenvalue weighted by molar-refractivity contribution is -0.134. The quantitative estimate of drug-likeness (QED) is 0.216. The van der Waals surface area contributed by atoms with Crippen molar-refractivity contribution in [2.45, 2.75) is 39.0 Å². The largest absolute Gasteiger partial charge is 0.493 e. The number of imide groups is 1. The van der Waals surface area contributed by atoms with Gasteiger partial charge in [0.1, 0.15) is 11.3 Å². The van der Waals surface area contributed by atoms with E-state index < -0.39 is 5.41 Å². The Hall–Kier alpha value is -4.17. The van der Waals surface area contributed by atoms with E-state index in [0.717, 1.165) is 40.7 Å². The topological polar surface area (TPSA) is 96.5 Å². The Labute approximate surface area is 234 Å². The zero-order valence-electron chi connectivity index (χ0n) is 23.8. The molecule has 0 saturated heterocycles. The van der Waals surface area contributed by atoms with Crippen LogP contribution >= 0.6 is 0 Å². The van der Waals surface area contributed by atoms with Gasteiger partial charge in [0.05, 0.1) is 30.7 Å². The molecule has 0 radical (unpaired) electrons. The monoisotopic (exact) mass is 540 g/mol. The number of aryl methyl sites for hydroxylation is 1. The van der Waals surface area contributed by atoms with Crippen LogP contribution in [0.2, 0.25) is 0 Å². The molecule has 0 aliphatic carbocycles. The van der Waals surface area contributed by atoms with Crippen LogP contribution < -0.4 is 14.8 Å². The second-order valence-corrected chi connectivity index (χ2v) is 10.8. The molecule has 0 atom stereocenters. The molecular formula is C32H36N4O4. The molecule has 2 N–H and O–H groups in total. The van der Waals surface area contributed by atoms with Gasteiger partial charge in [-0.15, -0.1) is 0 Å². The third-order valence-electron chi connectivity index (χ3n) is 7.63. The number of fused-ring (bicyclic) bond motifs is 3. The van der Waals surface area contributed by atoms with Gasteiger partial charge in [0.2, 0.25) is 5.91 Å². The summed E-state index contributed by atoms with van der Waals surface area (Å²) in [6.07, 6.45) is 1.47. The summed E-state index contributed by atoms with van der Waals surface area (Å²) in [6, 6.07) is 17.8. The van der Waals surface area contributed by atoms with Gasteiger partial charge in [-0.25, -0.2) is 4.98 Å². The van der Waals surface area contributed by atoms with Crippen LogP contribution in [0.5, 0.6) is 11.5 Å². The van der Waals surface area contributed by atoms with E-state index in [1.165, 1.54) is 4.90 Å². The molecule has 2 amide bonds. The molecule has 1 aliphatic rings. The van der Waals surface area contributed by atoms with Gasteiger partial charge in [-0.1, -0.05) is 35.9 Å². The average molecular weight is 541 g/mol. The summed E-state index contributed by atoms with van der Waals surface area (Å²) in [6.45, 7) is 7.59. The van der Waals surface area contributed by atoms with E-state index in [-0.39, 0.29) is 11.8 Å². The number of aromatic nitrogens is 2. The van der Waals surface area contributed by atoms with Gasteiger partial charge in [0.15, 0.2) is 11.5 Å². The zero-order valence-corrected chi connectivity index (χ0v) is 23.8. The Morgan fingerprint density at radius 1 is 0.975 bits per heavy atom. The van der Waals surface area contributed by atoms with Crippen molar-refractivity contribution in [2.75, 3.05) is 33.9 Å². The summed E-state index contributed by atoms with van der Waals surface area (Å²) in [5.41, 5.74) is 5.02. The van der Waals surface area contributed by atoms with Crippen LogP contribution in [0, 0.1) is 6.92 Å². The number of nitrogens with one attached hydrogen (secondary N) is 2. The van der Waals surface area contributed by atoms with Gasteiger partial charge in [0.25, 0.3) is 5.91 Å². The van der Waals surface area contributed by atoms with Crippen LogP contribution in [0.25, 0.3) is 22.4 Å². The average Bonchev–Trinajstić information content (AvgIpc) is 3.39. The lowest BCUT2D eigenvalue weighted by atomic mass is 9.76. The maximum atomic E-state index is 13.8. The summed E-state index contributed by atoms with van der Waals surface area (Å²) in [7, 11) is 3.25. The molecule has 3 aromatic carbocycles. The Bertz CT molecular complexity index is 1570. The molecule has 0 bridgehead atoms. The predicted molar refractivity (Wildman–Crippen MR) is 156 cm³/mol. The maximum Gasteiger partial charge on any atom is 0.263 e. The normalized spacial score (nSPS) is 14.5. The van der Waals surface area contributed by atoms with Gasteiger partial charge in [-0.3, -0.25) is 14.5 Å². The number of carbonyl (C=O) groups is 2. The zero-order chi connectivity index (χ0) is 28.4. The van der Waals surface area contributed by atoms with Gasteiger partial charge < -0.3 is 19.8 Å². The highest BCUT2D eigenvalue weighted by atomic mass is 16.5. The number of aromatic amines is 1. The van der Waals surface area contributed by atoms with Crippen LogP contribution in [0.3, 0.4) is 0 Å². The van der Waals surface area contributed by atoms with Crippen molar-refractivity contribution >= 4 is 22.8 Å². The molecule has 0 unspecified atom stereocenters. The molecule has 1 aromatic heterocycles. The Balaban J connectivity index is 1.28. The number of imidazole rings is 1. The molecule has 0 saturated carbocycles. The lowest BCUT2D eigenvalue weighted by Crippen LogP contribution is -2.52. The van der Waals surface area contributed by atoms with Crippen molar-refractivity contribution < 1.29 is 19.1 Å². The highest BCUT2D eigenvalue weighted by Crippen LogP contribution is 2.38. The Morgan fingerprint density at radius 3 is 2.52 bits per heavy atom. The van der Waals surface area contributed by atoms with E-state index >= 15 is 0 Å².